The van der Waals surface area contributed by atoms with Gasteiger partial charge >= 0.3 is 5.97 Å². The minimum absolute atomic E-state index is 0.0712. The van der Waals surface area contributed by atoms with E-state index >= 15 is 0 Å². The SMILES string of the molecule is COc1cc(Cl)cc(C(=O)O)c1OCc1ccc(O)cc1. The van der Waals surface area contributed by atoms with Crippen molar-refractivity contribution in [1.29, 1.82) is 0 Å². The number of rotatable bonds is 5. The Morgan fingerprint density at radius 3 is 2.48 bits per heavy atom. The number of phenolic OH excluding ortho intramolecular Hbond substituents is 1. The maximum absolute atomic E-state index is 11.3. The second kappa shape index (κ2) is 6.37. The van der Waals surface area contributed by atoms with Gasteiger partial charge in [0, 0.05) is 11.1 Å². The van der Waals surface area contributed by atoms with Crippen LogP contribution in [0.3, 0.4) is 0 Å². The van der Waals surface area contributed by atoms with Gasteiger partial charge in [-0.1, -0.05) is 23.7 Å². The number of aromatic carboxylic acids is 1. The minimum Gasteiger partial charge on any atom is -0.508 e. The molecule has 21 heavy (non-hydrogen) atoms. The lowest BCUT2D eigenvalue weighted by atomic mass is 10.2. The second-order valence-electron chi connectivity index (χ2n) is 4.25. The molecule has 0 amide bonds. The highest BCUT2D eigenvalue weighted by molar-refractivity contribution is 6.31. The number of ether oxygens (including phenoxy) is 2. The molecule has 0 aromatic heterocycles. The van der Waals surface area contributed by atoms with Crippen molar-refractivity contribution >= 4 is 17.6 Å². The first-order chi connectivity index (χ1) is 10.0. The molecule has 0 unspecified atom stereocenters. The van der Waals surface area contributed by atoms with Crippen molar-refractivity contribution < 1.29 is 24.5 Å². The van der Waals surface area contributed by atoms with Gasteiger partial charge in [-0.15, -0.1) is 0 Å². The molecule has 0 radical (unpaired) electrons. The third-order valence-electron chi connectivity index (χ3n) is 2.79. The Bertz CT molecular complexity index is 652. The summed E-state index contributed by atoms with van der Waals surface area (Å²) in [5.41, 5.74) is 0.708. The van der Waals surface area contributed by atoms with Gasteiger partial charge in [0.15, 0.2) is 11.5 Å². The van der Waals surface area contributed by atoms with E-state index in [1.807, 2.05) is 0 Å². The molecule has 2 rings (SSSR count). The van der Waals surface area contributed by atoms with Crippen molar-refractivity contribution in [2.45, 2.75) is 6.61 Å². The molecule has 0 atom stereocenters. The summed E-state index contributed by atoms with van der Waals surface area (Å²) in [6.45, 7) is 0.137. The summed E-state index contributed by atoms with van der Waals surface area (Å²) in [4.78, 5) is 11.3. The number of methoxy groups -OCH3 is 1. The molecule has 0 fully saturated rings. The first-order valence-corrected chi connectivity index (χ1v) is 6.40. The van der Waals surface area contributed by atoms with E-state index in [1.54, 1.807) is 12.1 Å². The summed E-state index contributed by atoms with van der Waals surface area (Å²) in [6.07, 6.45) is 0. The van der Waals surface area contributed by atoms with Crippen LogP contribution in [0.4, 0.5) is 0 Å². The molecule has 0 aliphatic rings. The van der Waals surface area contributed by atoms with Crippen LogP contribution in [0.25, 0.3) is 0 Å². The maximum atomic E-state index is 11.3. The molecule has 6 heteroatoms. The fraction of sp³-hybridized carbons (Fsp3) is 0.133. The molecular formula is C15H13ClO5. The molecule has 0 aliphatic carbocycles. The number of halogens is 1. The molecule has 0 heterocycles. The van der Waals surface area contributed by atoms with Crippen molar-refractivity contribution in [3.63, 3.8) is 0 Å². The number of aromatic hydroxyl groups is 1. The minimum atomic E-state index is -1.16. The lowest BCUT2D eigenvalue weighted by molar-refractivity contribution is 0.0691. The first kappa shape index (κ1) is 15.0. The van der Waals surface area contributed by atoms with Crippen molar-refractivity contribution in [1.82, 2.24) is 0 Å². The molecule has 0 saturated heterocycles. The van der Waals surface area contributed by atoms with E-state index in [9.17, 15) is 15.0 Å². The molecular weight excluding hydrogens is 296 g/mol. The van der Waals surface area contributed by atoms with Crippen LogP contribution in [0.1, 0.15) is 15.9 Å². The van der Waals surface area contributed by atoms with Crippen LogP contribution in [0.5, 0.6) is 17.2 Å². The van der Waals surface area contributed by atoms with Crippen molar-refractivity contribution in [3.8, 4) is 17.2 Å². The van der Waals surface area contributed by atoms with E-state index < -0.39 is 5.97 Å². The van der Waals surface area contributed by atoms with Gasteiger partial charge in [-0.25, -0.2) is 4.79 Å². The topological polar surface area (TPSA) is 76.0 Å². The highest BCUT2D eigenvalue weighted by Gasteiger charge is 2.18. The van der Waals surface area contributed by atoms with E-state index in [0.29, 0.717) is 0 Å². The Kier molecular flexibility index (Phi) is 4.55. The summed E-state index contributed by atoms with van der Waals surface area (Å²) in [5, 5.41) is 18.7. The summed E-state index contributed by atoms with van der Waals surface area (Å²) in [6, 6.07) is 9.20. The van der Waals surface area contributed by atoms with Crippen LogP contribution < -0.4 is 9.47 Å². The van der Waals surface area contributed by atoms with Gasteiger partial charge in [-0.3, -0.25) is 0 Å². The zero-order chi connectivity index (χ0) is 15.4. The molecule has 5 nitrogen and oxygen atoms in total. The third kappa shape index (κ3) is 3.58. The molecule has 110 valence electrons. The smallest absolute Gasteiger partial charge is 0.339 e. The highest BCUT2D eigenvalue weighted by atomic mass is 35.5. The van der Waals surface area contributed by atoms with E-state index in [-0.39, 0.29) is 34.4 Å². The van der Waals surface area contributed by atoms with Crippen LogP contribution in [0, 0.1) is 0 Å². The summed E-state index contributed by atoms with van der Waals surface area (Å²) in [7, 11) is 1.41. The van der Waals surface area contributed by atoms with E-state index in [1.165, 1.54) is 31.4 Å². The number of phenols is 1. The van der Waals surface area contributed by atoms with Gasteiger partial charge in [0.25, 0.3) is 0 Å². The third-order valence-corrected chi connectivity index (χ3v) is 3.01. The quantitative estimate of drug-likeness (QED) is 0.886. The number of hydrogen-bond donors (Lipinski definition) is 2. The zero-order valence-corrected chi connectivity index (χ0v) is 11.9. The molecule has 0 saturated carbocycles. The van der Waals surface area contributed by atoms with Crippen molar-refractivity contribution in [2.24, 2.45) is 0 Å². The Balaban J connectivity index is 2.29. The summed E-state index contributed by atoms with van der Waals surface area (Å²) in [5.74, 6) is -0.647. The number of carbonyl (C=O) groups is 1. The van der Waals surface area contributed by atoms with Crippen molar-refractivity contribution in [2.75, 3.05) is 7.11 Å². The molecule has 0 spiro atoms. The van der Waals surface area contributed by atoms with Crippen LogP contribution in [-0.4, -0.2) is 23.3 Å². The fourth-order valence-electron chi connectivity index (χ4n) is 1.78. The van der Waals surface area contributed by atoms with E-state index in [2.05, 4.69) is 0 Å². The molecule has 0 aliphatic heterocycles. The number of carboxylic acids is 1. The Morgan fingerprint density at radius 2 is 1.90 bits per heavy atom. The van der Waals surface area contributed by atoms with Crippen molar-refractivity contribution in [3.05, 3.63) is 52.5 Å². The fourth-order valence-corrected chi connectivity index (χ4v) is 1.98. The largest absolute Gasteiger partial charge is 0.508 e. The van der Waals surface area contributed by atoms with Gasteiger partial charge in [-0.2, -0.15) is 0 Å². The molecule has 0 bridgehead atoms. The van der Waals surface area contributed by atoms with Crippen LogP contribution in [-0.2, 0) is 6.61 Å². The Labute approximate surface area is 126 Å². The standard InChI is InChI=1S/C15H13ClO5/c1-20-13-7-10(16)6-12(15(18)19)14(13)21-8-9-2-4-11(17)5-3-9/h2-7,17H,8H2,1H3,(H,18,19). The predicted octanol–water partition coefficient (Wildman–Crippen LogP) is 3.33. The van der Waals surface area contributed by atoms with Gasteiger partial charge in [0.2, 0.25) is 0 Å². The van der Waals surface area contributed by atoms with Gasteiger partial charge in [-0.05, 0) is 23.8 Å². The zero-order valence-electron chi connectivity index (χ0n) is 11.2. The number of benzene rings is 2. The predicted molar refractivity (Wildman–Crippen MR) is 77.4 cm³/mol. The summed E-state index contributed by atoms with van der Waals surface area (Å²) < 4.78 is 10.7. The number of hydrogen-bond acceptors (Lipinski definition) is 4. The summed E-state index contributed by atoms with van der Waals surface area (Å²) >= 11 is 5.85. The van der Waals surface area contributed by atoms with E-state index in [0.717, 1.165) is 5.56 Å². The Hall–Kier alpha value is -2.40. The lowest BCUT2D eigenvalue weighted by Crippen LogP contribution is -2.05. The maximum Gasteiger partial charge on any atom is 0.339 e. The molecule has 2 aromatic rings. The normalized spacial score (nSPS) is 10.2. The van der Waals surface area contributed by atoms with Gasteiger partial charge in [0.05, 0.1) is 7.11 Å². The monoisotopic (exact) mass is 308 g/mol. The number of carboxylic acid groups (broad SMARTS) is 1. The average Bonchev–Trinajstić information content (AvgIpc) is 2.46. The first-order valence-electron chi connectivity index (χ1n) is 6.03. The Morgan fingerprint density at radius 1 is 1.24 bits per heavy atom. The highest BCUT2D eigenvalue weighted by Crippen LogP contribution is 2.35. The molecule has 2 N–H and O–H groups in total. The second-order valence-corrected chi connectivity index (χ2v) is 4.68. The van der Waals surface area contributed by atoms with Crippen LogP contribution in [0.2, 0.25) is 5.02 Å². The molecule has 2 aromatic carbocycles. The van der Waals surface area contributed by atoms with Gasteiger partial charge < -0.3 is 19.7 Å². The average molecular weight is 309 g/mol. The van der Waals surface area contributed by atoms with Crippen LogP contribution >= 0.6 is 11.6 Å². The van der Waals surface area contributed by atoms with Gasteiger partial charge in [0.1, 0.15) is 17.9 Å². The lowest BCUT2D eigenvalue weighted by Gasteiger charge is -2.14. The van der Waals surface area contributed by atoms with E-state index in [4.69, 9.17) is 21.1 Å². The van der Waals surface area contributed by atoms with Crippen LogP contribution in [0.15, 0.2) is 36.4 Å².